The van der Waals surface area contributed by atoms with Crippen LogP contribution in [-0.2, 0) is 12.0 Å². The largest absolute Gasteiger partial charge is 0.497 e. The molecule has 1 aromatic heterocycles. The number of nitrogens with zero attached hydrogens (tertiary/aromatic N) is 2. The van der Waals surface area contributed by atoms with Gasteiger partial charge in [-0.3, -0.25) is 4.98 Å². The number of benzene rings is 1. The summed E-state index contributed by atoms with van der Waals surface area (Å²) < 4.78 is 5.35. The van der Waals surface area contributed by atoms with Gasteiger partial charge < -0.3 is 14.7 Å². The summed E-state index contributed by atoms with van der Waals surface area (Å²) in [6.45, 7) is 0.808. The SMILES string of the molecule is COc1ccc2c(c1)C(O)(c1cccnc1)C(CN(C)C)C2. The summed E-state index contributed by atoms with van der Waals surface area (Å²) in [5.74, 6) is 0.861. The second-order valence-corrected chi connectivity index (χ2v) is 6.19. The van der Waals surface area contributed by atoms with E-state index in [4.69, 9.17) is 4.74 Å². The van der Waals surface area contributed by atoms with E-state index in [1.165, 1.54) is 5.56 Å². The Morgan fingerprint density at radius 3 is 2.82 bits per heavy atom. The molecular weight excluding hydrogens is 276 g/mol. The minimum atomic E-state index is -1.03. The van der Waals surface area contributed by atoms with Crippen LogP contribution in [0.15, 0.2) is 42.7 Å². The molecule has 2 aromatic rings. The maximum absolute atomic E-state index is 11.6. The summed E-state index contributed by atoms with van der Waals surface area (Å²) in [7, 11) is 5.72. The average Bonchev–Trinajstić information content (AvgIpc) is 2.80. The normalized spacial score (nSPS) is 23.6. The van der Waals surface area contributed by atoms with Crippen molar-refractivity contribution in [3.63, 3.8) is 0 Å². The average molecular weight is 298 g/mol. The zero-order valence-corrected chi connectivity index (χ0v) is 13.3. The van der Waals surface area contributed by atoms with E-state index in [-0.39, 0.29) is 5.92 Å². The Bertz CT molecular complexity index is 657. The van der Waals surface area contributed by atoms with Gasteiger partial charge in [0.2, 0.25) is 0 Å². The maximum atomic E-state index is 11.6. The van der Waals surface area contributed by atoms with Gasteiger partial charge in [-0.15, -0.1) is 0 Å². The number of pyridine rings is 1. The molecule has 1 aromatic carbocycles. The minimum Gasteiger partial charge on any atom is -0.497 e. The number of hydrogen-bond donors (Lipinski definition) is 1. The van der Waals surface area contributed by atoms with Crippen LogP contribution in [-0.4, -0.2) is 42.7 Å². The van der Waals surface area contributed by atoms with E-state index >= 15 is 0 Å². The van der Waals surface area contributed by atoms with Crippen molar-refractivity contribution >= 4 is 0 Å². The summed E-state index contributed by atoms with van der Waals surface area (Å²) in [6.07, 6.45) is 4.34. The first-order valence-corrected chi connectivity index (χ1v) is 7.50. The molecule has 22 heavy (non-hydrogen) atoms. The number of fused-ring (bicyclic) bond motifs is 1. The van der Waals surface area contributed by atoms with Crippen molar-refractivity contribution in [1.29, 1.82) is 0 Å². The molecule has 1 heterocycles. The standard InChI is InChI=1S/C18H22N2O2/c1-20(2)12-15-9-13-6-7-16(22-3)10-17(13)18(15,21)14-5-4-8-19-11-14/h4-8,10-11,15,21H,9,12H2,1-3H3. The van der Waals surface area contributed by atoms with Crippen LogP contribution < -0.4 is 4.74 Å². The Kier molecular flexibility index (Phi) is 3.89. The quantitative estimate of drug-likeness (QED) is 0.938. The van der Waals surface area contributed by atoms with Gasteiger partial charge in [0.15, 0.2) is 0 Å². The molecule has 116 valence electrons. The van der Waals surface area contributed by atoms with Crippen LogP contribution in [0.3, 0.4) is 0 Å². The smallest absolute Gasteiger partial charge is 0.121 e. The molecule has 1 aliphatic rings. The van der Waals surface area contributed by atoms with Crippen LogP contribution in [0.25, 0.3) is 0 Å². The van der Waals surface area contributed by atoms with Crippen molar-refractivity contribution in [2.75, 3.05) is 27.7 Å². The molecule has 2 atom stereocenters. The predicted molar refractivity (Wildman–Crippen MR) is 86.0 cm³/mol. The van der Waals surface area contributed by atoms with Gasteiger partial charge >= 0.3 is 0 Å². The summed E-state index contributed by atoms with van der Waals surface area (Å²) in [4.78, 5) is 6.32. The van der Waals surface area contributed by atoms with Gasteiger partial charge in [0.1, 0.15) is 11.4 Å². The van der Waals surface area contributed by atoms with Gasteiger partial charge in [-0.1, -0.05) is 12.1 Å². The van der Waals surface area contributed by atoms with Gasteiger partial charge in [0, 0.05) is 30.4 Å². The van der Waals surface area contributed by atoms with Crippen LogP contribution in [0.5, 0.6) is 5.75 Å². The first-order chi connectivity index (χ1) is 10.6. The second-order valence-electron chi connectivity index (χ2n) is 6.19. The highest BCUT2D eigenvalue weighted by Gasteiger charge is 2.47. The zero-order valence-electron chi connectivity index (χ0n) is 13.3. The lowest BCUT2D eigenvalue weighted by Gasteiger charge is -2.33. The van der Waals surface area contributed by atoms with E-state index < -0.39 is 5.60 Å². The van der Waals surface area contributed by atoms with Crippen LogP contribution in [0, 0.1) is 5.92 Å². The molecule has 0 bridgehead atoms. The summed E-state index contributed by atoms with van der Waals surface area (Å²) in [6, 6.07) is 9.80. The Balaban J connectivity index is 2.14. The Labute approximate surface area is 131 Å². The van der Waals surface area contributed by atoms with Gasteiger partial charge in [0.25, 0.3) is 0 Å². The molecular formula is C18H22N2O2. The van der Waals surface area contributed by atoms with Crippen molar-refractivity contribution in [1.82, 2.24) is 9.88 Å². The highest BCUT2D eigenvalue weighted by molar-refractivity contribution is 5.49. The van der Waals surface area contributed by atoms with Crippen molar-refractivity contribution < 1.29 is 9.84 Å². The fourth-order valence-corrected chi connectivity index (χ4v) is 3.47. The zero-order chi connectivity index (χ0) is 15.7. The molecule has 0 saturated carbocycles. The summed E-state index contributed by atoms with van der Waals surface area (Å²) in [5.41, 5.74) is 1.93. The fourth-order valence-electron chi connectivity index (χ4n) is 3.47. The lowest BCUT2D eigenvalue weighted by atomic mass is 9.81. The third-order valence-electron chi connectivity index (χ3n) is 4.47. The molecule has 3 rings (SSSR count). The van der Waals surface area contributed by atoms with E-state index in [1.807, 2.05) is 38.4 Å². The molecule has 0 amide bonds. The van der Waals surface area contributed by atoms with Gasteiger partial charge in [-0.25, -0.2) is 0 Å². The van der Waals surface area contributed by atoms with Crippen LogP contribution in [0.2, 0.25) is 0 Å². The summed E-state index contributed by atoms with van der Waals surface area (Å²) >= 11 is 0. The number of hydrogen-bond acceptors (Lipinski definition) is 4. The van der Waals surface area contributed by atoms with E-state index in [0.717, 1.165) is 29.8 Å². The third kappa shape index (κ3) is 2.38. The predicted octanol–water partition coefficient (Wildman–Crippen LogP) is 2.06. The Morgan fingerprint density at radius 2 is 2.18 bits per heavy atom. The van der Waals surface area contributed by atoms with Crippen LogP contribution >= 0.6 is 0 Å². The number of methoxy groups -OCH3 is 1. The van der Waals surface area contributed by atoms with Crippen LogP contribution in [0.1, 0.15) is 16.7 Å². The number of ether oxygens (including phenoxy) is 1. The highest BCUT2D eigenvalue weighted by atomic mass is 16.5. The fraction of sp³-hybridized carbons (Fsp3) is 0.389. The topological polar surface area (TPSA) is 45.6 Å². The monoisotopic (exact) mass is 298 g/mol. The van der Waals surface area contributed by atoms with Crippen molar-refractivity contribution in [3.8, 4) is 5.75 Å². The molecule has 4 nitrogen and oxygen atoms in total. The molecule has 4 heteroatoms. The van der Waals surface area contributed by atoms with E-state index in [2.05, 4.69) is 16.0 Å². The lowest BCUT2D eigenvalue weighted by Crippen LogP contribution is -2.38. The van der Waals surface area contributed by atoms with Crippen molar-refractivity contribution in [2.45, 2.75) is 12.0 Å². The molecule has 0 saturated heterocycles. The number of rotatable bonds is 4. The van der Waals surface area contributed by atoms with E-state index in [0.29, 0.717) is 0 Å². The van der Waals surface area contributed by atoms with Gasteiger partial charge in [0.05, 0.1) is 7.11 Å². The second kappa shape index (κ2) is 5.71. The Hall–Kier alpha value is -1.91. The molecule has 0 fully saturated rings. The third-order valence-corrected chi connectivity index (χ3v) is 4.47. The molecule has 0 aliphatic heterocycles. The first-order valence-electron chi connectivity index (χ1n) is 7.50. The molecule has 1 N–H and O–H groups in total. The number of aromatic nitrogens is 1. The van der Waals surface area contributed by atoms with Gasteiger partial charge in [-0.2, -0.15) is 0 Å². The Morgan fingerprint density at radius 1 is 1.36 bits per heavy atom. The lowest BCUT2D eigenvalue weighted by molar-refractivity contribution is 0.0186. The van der Waals surface area contributed by atoms with Crippen molar-refractivity contribution in [3.05, 3.63) is 59.4 Å². The minimum absolute atomic E-state index is 0.0915. The molecule has 2 unspecified atom stereocenters. The van der Waals surface area contributed by atoms with E-state index in [9.17, 15) is 5.11 Å². The van der Waals surface area contributed by atoms with Crippen LogP contribution in [0.4, 0.5) is 0 Å². The molecule has 0 spiro atoms. The first kappa shape index (κ1) is 15.0. The highest BCUT2D eigenvalue weighted by Crippen LogP contribution is 2.47. The summed E-state index contributed by atoms with van der Waals surface area (Å²) in [5, 5.41) is 11.6. The maximum Gasteiger partial charge on any atom is 0.121 e. The number of aliphatic hydroxyl groups is 1. The molecule has 0 radical (unpaired) electrons. The van der Waals surface area contributed by atoms with Crippen molar-refractivity contribution in [2.24, 2.45) is 5.92 Å². The van der Waals surface area contributed by atoms with Gasteiger partial charge in [-0.05, 0) is 49.8 Å². The van der Waals surface area contributed by atoms with E-state index in [1.54, 1.807) is 19.5 Å². The molecule has 1 aliphatic carbocycles.